The average Bonchev–Trinajstić information content (AvgIpc) is 3.14. The summed E-state index contributed by atoms with van der Waals surface area (Å²) in [5, 5.41) is 15.2. The number of halogens is 3. The number of likely N-dealkylation sites (N-methyl/N-ethyl adjacent to an activating group) is 2. The van der Waals surface area contributed by atoms with Gasteiger partial charge in [0.2, 0.25) is 5.91 Å². The Morgan fingerprint density at radius 1 is 1.31 bits per heavy atom. The molecule has 3 heterocycles. The van der Waals surface area contributed by atoms with Crippen LogP contribution in [0.4, 0.5) is 19.0 Å². The first kappa shape index (κ1) is 23.4. The number of rotatable bonds is 6. The number of anilines is 1. The molecule has 11 heteroatoms. The van der Waals surface area contributed by atoms with E-state index in [0.29, 0.717) is 13.1 Å². The van der Waals surface area contributed by atoms with Crippen LogP contribution in [0.2, 0.25) is 0 Å². The lowest BCUT2D eigenvalue weighted by Gasteiger charge is -2.59. The lowest BCUT2D eigenvalue weighted by atomic mass is 9.60. The second-order valence-electron chi connectivity index (χ2n) is 9.33. The summed E-state index contributed by atoms with van der Waals surface area (Å²) in [4.78, 5) is 14.2. The summed E-state index contributed by atoms with van der Waals surface area (Å²) in [6.07, 6.45) is -4.11. The van der Waals surface area contributed by atoms with Gasteiger partial charge in [0.15, 0.2) is 0 Å². The van der Waals surface area contributed by atoms with Crippen LogP contribution in [0.5, 0.6) is 0 Å². The van der Waals surface area contributed by atoms with E-state index in [1.54, 1.807) is 11.8 Å². The Balaban J connectivity index is 1.41. The molecule has 2 fully saturated rings. The molecule has 2 aliphatic heterocycles. The van der Waals surface area contributed by atoms with Gasteiger partial charge < -0.3 is 20.9 Å². The molecule has 2 atom stereocenters. The number of hydrogen-bond donors (Lipinski definition) is 3. The first-order valence-electron chi connectivity index (χ1n) is 10.9. The highest BCUT2D eigenvalue weighted by Crippen LogP contribution is 2.52. The third kappa shape index (κ3) is 4.14. The van der Waals surface area contributed by atoms with E-state index in [2.05, 4.69) is 29.8 Å². The van der Waals surface area contributed by atoms with Gasteiger partial charge in [-0.25, -0.2) is 0 Å². The molecule has 32 heavy (non-hydrogen) atoms. The first-order chi connectivity index (χ1) is 15.0. The predicted octanol–water partition coefficient (Wildman–Crippen LogP) is 2.81. The van der Waals surface area contributed by atoms with Crippen LogP contribution < -0.4 is 16.0 Å². The van der Waals surface area contributed by atoms with E-state index in [1.807, 2.05) is 25.8 Å². The largest absolute Gasteiger partial charge is 0.397 e. The number of nitrogens with one attached hydrogen (secondary N) is 3. The van der Waals surface area contributed by atoms with Crippen LogP contribution in [0.25, 0.3) is 5.57 Å². The smallest absolute Gasteiger partial charge is 0.367 e. The number of alkyl halides is 3. The standard InChI is InChI=1S/C21H31F3N6OS/c1-11(12(2)25-3)15-16-17(32-19(15)26-4)18(29(5)28-16)27-13-6-20(7-13)9-30(10-20)14(31)8-21(22,23)24/h12-13,19,25-27H,6-10H2,1-5H3/b15-11-. The highest BCUT2D eigenvalue weighted by molar-refractivity contribution is 8.01. The molecular formula is C21H31F3N6OS. The molecular weight excluding hydrogens is 441 g/mol. The average molecular weight is 473 g/mol. The number of carbonyl (C=O) groups is 1. The molecule has 1 saturated carbocycles. The molecule has 1 aromatic rings. The van der Waals surface area contributed by atoms with Gasteiger partial charge in [0.05, 0.1) is 10.3 Å². The Hall–Kier alpha value is -1.72. The maximum absolute atomic E-state index is 12.5. The van der Waals surface area contributed by atoms with Crippen molar-refractivity contribution in [1.29, 1.82) is 0 Å². The van der Waals surface area contributed by atoms with Crippen LogP contribution in [0, 0.1) is 5.41 Å². The number of aryl methyl sites for hydroxylation is 1. The normalized spacial score (nSPS) is 24.8. The molecule has 3 aliphatic rings. The van der Waals surface area contributed by atoms with E-state index >= 15 is 0 Å². The van der Waals surface area contributed by atoms with Crippen LogP contribution in [-0.4, -0.2) is 71.4 Å². The van der Waals surface area contributed by atoms with Crippen molar-refractivity contribution in [3.8, 4) is 0 Å². The number of likely N-dealkylation sites (tertiary alicyclic amines) is 1. The van der Waals surface area contributed by atoms with Gasteiger partial charge in [0.1, 0.15) is 17.9 Å². The number of fused-ring (bicyclic) bond motifs is 1. The maximum Gasteiger partial charge on any atom is 0.397 e. The number of nitrogens with zero attached hydrogens (tertiary/aromatic N) is 3. The first-order valence-corrected chi connectivity index (χ1v) is 11.7. The van der Waals surface area contributed by atoms with Crippen molar-refractivity contribution in [3.63, 3.8) is 0 Å². The fraction of sp³-hybridized carbons (Fsp3) is 0.714. The summed E-state index contributed by atoms with van der Waals surface area (Å²) in [6, 6.07) is 0.465. The van der Waals surface area contributed by atoms with Crippen LogP contribution in [0.3, 0.4) is 0 Å². The zero-order valence-electron chi connectivity index (χ0n) is 19.1. The van der Waals surface area contributed by atoms with Gasteiger partial charge in [-0.3, -0.25) is 9.48 Å². The van der Waals surface area contributed by atoms with Crippen molar-refractivity contribution >= 4 is 29.1 Å². The Kier molecular flexibility index (Phi) is 6.04. The summed E-state index contributed by atoms with van der Waals surface area (Å²) in [5.41, 5.74) is 3.43. The van der Waals surface area contributed by atoms with E-state index in [4.69, 9.17) is 5.10 Å². The zero-order valence-corrected chi connectivity index (χ0v) is 19.9. The molecule has 1 spiro atoms. The molecule has 1 aromatic heterocycles. The van der Waals surface area contributed by atoms with Crippen LogP contribution >= 0.6 is 11.8 Å². The van der Waals surface area contributed by atoms with Crippen molar-refractivity contribution in [2.45, 2.75) is 61.6 Å². The van der Waals surface area contributed by atoms with Gasteiger partial charge in [-0.15, -0.1) is 0 Å². The zero-order chi connectivity index (χ0) is 23.4. The number of thioether (sulfide) groups is 1. The molecule has 2 unspecified atom stereocenters. The van der Waals surface area contributed by atoms with Crippen LogP contribution in [0.15, 0.2) is 10.5 Å². The van der Waals surface area contributed by atoms with Crippen molar-refractivity contribution in [2.24, 2.45) is 12.5 Å². The van der Waals surface area contributed by atoms with E-state index in [-0.39, 0.29) is 22.9 Å². The molecule has 178 valence electrons. The van der Waals surface area contributed by atoms with Gasteiger partial charge in [0.25, 0.3) is 0 Å². The molecule has 0 bridgehead atoms. The van der Waals surface area contributed by atoms with Gasteiger partial charge >= 0.3 is 6.18 Å². The predicted molar refractivity (Wildman–Crippen MR) is 119 cm³/mol. The van der Waals surface area contributed by atoms with E-state index < -0.39 is 18.5 Å². The minimum atomic E-state index is -4.44. The molecule has 1 amide bonds. The van der Waals surface area contributed by atoms with Crippen molar-refractivity contribution < 1.29 is 18.0 Å². The second kappa shape index (κ2) is 8.25. The summed E-state index contributed by atoms with van der Waals surface area (Å²) in [6.45, 7) is 5.12. The minimum Gasteiger partial charge on any atom is -0.367 e. The summed E-state index contributed by atoms with van der Waals surface area (Å²) < 4.78 is 39.2. The molecule has 1 saturated heterocycles. The van der Waals surface area contributed by atoms with E-state index in [9.17, 15) is 18.0 Å². The monoisotopic (exact) mass is 472 g/mol. The third-order valence-corrected chi connectivity index (χ3v) is 8.31. The highest BCUT2D eigenvalue weighted by atomic mass is 32.2. The quantitative estimate of drug-likeness (QED) is 0.591. The SMILES string of the molecule is CNC(C)/C(C)=C1/c2nn(C)c(NC3CC4(C3)CN(C(=O)CC(F)(F)F)C4)c2SC1NC. The highest BCUT2D eigenvalue weighted by Gasteiger charge is 2.54. The third-order valence-electron chi connectivity index (χ3n) is 6.98. The lowest BCUT2D eigenvalue weighted by molar-refractivity contribution is -0.174. The summed E-state index contributed by atoms with van der Waals surface area (Å²) >= 11 is 1.75. The Morgan fingerprint density at radius 2 is 1.97 bits per heavy atom. The number of amides is 1. The Morgan fingerprint density at radius 3 is 2.53 bits per heavy atom. The Labute approximate surface area is 190 Å². The van der Waals surface area contributed by atoms with Gasteiger partial charge in [-0.2, -0.15) is 18.3 Å². The van der Waals surface area contributed by atoms with Crippen molar-refractivity contribution in [2.75, 3.05) is 32.5 Å². The molecule has 3 N–H and O–H groups in total. The lowest BCUT2D eigenvalue weighted by Crippen LogP contribution is -2.66. The molecule has 0 radical (unpaired) electrons. The van der Waals surface area contributed by atoms with Gasteiger partial charge in [-0.05, 0) is 46.4 Å². The number of carbonyl (C=O) groups excluding carboxylic acids is 1. The maximum atomic E-state index is 12.5. The summed E-state index contributed by atoms with van der Waals surface area (Å²) in [7, 11) is 5.83. The number of aromatic nitrogens is 2. The molecule has 1 aliphatic carbocycles. The fourth-order valence-electron chi connectivity index (χ4n) is 5.06. The van der Waals surface area contributed by atoms with E-state index in [0.717, 1.165) is 29.2 Å². The molecule has 4 rings (SSSR count). The van der Waals surface area contributed by atoms with Crippen molar-refractivity contribution in [3.05, 3.63) is 11.3 Å². The summed E-state index contributed by atoms with van der Waals surface area (Å²) in [5.74, 6) is 0.165. The molecule has 0 aromatic carbocycles. The van der Waals surface area contributed by atoms with Crippen LogP contribution in [-0.2, 0) is 11.8 Å². The van der Waals surface area contributed by atoms with Crippen molar-refractivity contribution in [1.82, 2.24) is 25.3 Å². The number of hydrogen-bond acceptors (Lipinski definition) is 6. The molecule has 7 nitrogen and oxygen atoms in total. The fourth-order valence-corrected chi connectivity index (χ4v) is 6.40. The van der Waals surface area contributed by atoms with E-state index in [1.165, 1.54) is 16.0 Å². The second-order valence-corrected chi connectivity index (χ2v) is 10.5. The minimum absolute atomic E-state index is 0.0365. The van der Waals surface area contributed by atoms with Gasteiger partial charge in [-0.1, -0.05) is 11.8 Å². The van der Waals surface area contributed by atoms with Crippen LogP contribution in [0.1, 0.15) is 38.8 Å². The topological polar surface area (TPSA) is 74.2 Å². The van der Waals surface area contributed by atoms with Gasteiger partial charge in [0, 0.05) is 43.2 Å². The Bertz CT molecular complexity index is 929.